The summed E-state index contributed by atoms with van der Waals surface area (Å²) in [6.07, 6.45) is 1.81. The largest absolute Gasteiger partial charge is 0.325 e. The van der Waals surface area contributed by atoms with Crippen LogP contribution >= 0.6 is 35.0 Å². The highest BCUT2D eigenvalue weighted by molar-refractivity contribution is 7.99. The maximum absolute atomic E-state index is 12.4. The summed E-state index contributed by atoms with van der Waals surface area (Å²) in [6.45, 7) is 0.624. The minimum Gasteiger partial charge on any atom is -0.325 e. The number of amides is 1. The number of halogens is 2. The summed E-state index contributed by atoms with van der Waals surface area (Å²) in [6, 6.07) is 25.1. The van der Waals surface area contributed by atoms with E-state index in [9.17, 15) is 4.79 Å². The van der Waals surface area contributed by atoms with E-state index in [4.69, 9.17) is 23.2 Å². The number of nitrogens with one attached hydrogen (secondary N) is 1. The second-order valence-electron chi connectivity index (χ2n) is 6.83. The lowest BCUT2D eigenvalue weighted by Gasteiger charge is -2.13. The number of anilines is 1. The quantitative estimate of drug-likeness (QED) is 0.310. The van der Waals surface area contributed by atoms with Crippen LogP contribution in [0.4, 0.5) is 5.69 Å². The van der Waals surface area contributed by atoms with Crippen LogP contribution in [0.15, 0.2) is 90.2 Å². The third-order valence-electron chi connectivity index (χ3n) is 4.61. The van der Waals surface area contributed by atoms with Crippen molar-refractivity contribution in [2.45, 2.75) is 11.7 Å². The van der Waals surface area contributed by atoms with Crippen molar-refractivity contribution in [3.63, 3.8) is 0 Å². The predicted octanol–water partition coefficient (Wildman–Crippen LogP) is 6.64. The van der Waals surface area contributed by atoms with Crippen molar-refractivity contribution in [3.05, 3.63) is 101 Å². The molecule has 4 nitrogen and oxygen atoms in total. The van der Waals surface area contributed by atoms with Crippen molar-refractivity contribution in [2.24, 2.45) is 0 Å². The molecule has 1 amide bonds. The molecular formula is C24H19Cl2N3OS. The van der Waals surface area contributed by atoms with Crippen molar-refractivity contribution < 1.29 is 4.79 Å². The average molecular weight is 468 g/mol. The topological polar surface area (TPSA) is 46.9 Å². The Morgan fingerprint density at radius 3 is 2.35 bits per heavy atom. The smallest absolute Gasteiger partial charge is 0.234 e. The van der Waals surface area contributed by atoms with E-state index < -0.39 is 0 Å². The first kappa shape index (κ1) is 21.5. The van der Waals surface area contributed by atoms with Crippen LogP contribution in [0.3, 0.4) is 0 Å². The number of imidazole rings is 1. The van der Waals surface area contributed by atoms with E-state index in [0.29, 0.717) is 16.6 Å². The van der Waals surface area contributed by atoms with Crippen LogP contribution in [0.2, 0.25) is 10.0 Å². The van der Waals surface area contributed by atoms with Gasteiger partial charge in [0.15, 0.2) is 5.16 Å². The lowest BCUT2D eigenvalue weighted by atomic mass is 10.1. The van der Waals surface area contributed by atoms with Gasteiger partial charge in [-0.3, -0.25) is 4.79 Å². The van der Waals surface area contributed by atoms with E-state index in [1.165, 1.54) is 11.8 Å². The van der Waals surface area contributed by atoms with Crippen molar-refractivity contribution in [2.75, 3.05) is 11.1 Å². The number of aromatic nitrogens is 2. The Morgan fingerprint density at radius 2 is 1.65 bits per heavy atom. The summed E-state index contributed by atoms with van der Waals surface area (Å²) >= 11 is 13.7. The number of para-hydroxylation sites is 1. The maximum atomic E-state index is 12.4. The van der Waals surface area contributed by atoms with Gasteiger partial charge in [-0.15, -0.1) is 0 Å². The molecule has 4 aromatic rings. The Bertz CT molecular complexity index is 1180. The SMILES string of the molecule is O=C(CSc1ncc(-c2ccc(Cl)c(Cl)c2)n1Cc1ccccc1)Nc1ccccc1. The Hall–Kier alpha value is -2.73. The van der Waals surface area contributed by atoms with E-state index in [-0.39, 0.29) is 11.7 Å². The van der Waals surface area contributed by atoms with Crippen LogP contribution in [0.1, 0.15) is 5.56 Å². The zero-order chi connectivity index (χ0) is 21.6. The number of rotatable bonds is 7. The lowest BCUT2D eigenvalue weighted by molar-refractivity contribution is -0.113. The second-order valence-corrected chi connectivity index (χ2v) is 8.59. The fourth-order valence-corrected chi connectivity index (χ4v) is 4.20. The van der Waals surface area contributed by atoms with Gasteiger partial charge in [-0.1, -0.05) is 89.6 Å². The molecule has 0 aliphatic heterocycles. The highest BCUT2D eigenvalue weighted by Gasteiger charge is 2.15. The Kier molecular flexibility index (Phi) is 6.97. The standard InChI is InChI=1S/C24H19Cl2N3OS/c25-20-12-11-18(13-21(20)26)22-14-27-24(29(22)15-17-7-3-1-4-8-17)31-16-23(30)28-19-9-5-2-6-10-19/h1-14H,15-16H2,(H,28,30). The van der Waals surface area contributed by atoms with Gasteiger partial charge in [0.25, 0.3) is 0 Å². The molecule has 0 radical (unpaired) electrons. The first-order valence-electron chi connectivity index (χ1n) is 9.63. The van der Waals surface area contributed by atoms with Crippen molar-refractivity contribution >= 4 is 46.6 Å². The van der Waals surface area contributed by atoms with E-state index in [1.54, 1.807) is 12.3 Å². The van der Waals surface area contributed by atoms with Gasteiger partial charge in [0.1, 0.15) is 0 Å². The fourth-order valence-electron chi connectivity index (χ4n) is 3.13. The fraction of sp³-hybridized carbons (Fsp3) is 0.0833. The number of benzene rings is 3. The number of carbonyl (C=O) groups is 1. The molecule has 156 valence electrons. The molecule has 1 N–H and O–H groups in total. The van der Waals surface area contributed by atoms with Gasteiger partial charge in [0.05, 0.1) is 34.2 Å². The van der Waals surface area contributed by atoms with Crippen LogP contribution in [-0.4, -0.2) is 21.2 Å². The second kappa shape index (κ2) is 10.1. The van der Waals surface area contributed by atoms with Crippen LogP contribution < -0.4 is 5.32 Å². The van der Waals surface area contributed by atoms with E-state index in [1.807, 2.05) is 60.7 Å². The molecule has 7 heteroatoms. The molecule has 0 aliphatic carbocycles. The van der Waals surface area contributed by atoms with E-state index in [0.717, 1.165) is 27.7 Å². The van der Waals surface area contributed by atoms with Crippen molar-refractivity contribution in [3.8, 4) is 11.3 Å². The summed E-state index contributed by atoms with van der Waals surface area (Å²) < 4.78 is 2.09. The first-order chi connectivity index (χ1) is 15.1. The Labute approximate surface area is 195 Å². The highest BCUT2D eigenvalue weighted by atomic mass is 35.5. The molecule has 31 heavy (non-hydrogen) atoms. The molecule has 1 heterocycles. The Morgan fingerprint density at radius 1 is 0.935 bits per heavy atom. The van der Waals surface area contributed by atoms with Crippen molar-refractivity contribution in [1.82, 2.24) is 9.55 Å². The minimum absolute atomic E-state index is 0.0819. The van der Waals surface area contributed by atoms with Crippen LogP contribution in [0.25, 0.3) is 11.3 Å². The molecule has 4 rings (SSSR count). The summed E-state index contributed by atoms with van der Waals surface area (Å²) in [5, 5.41) is 4.66. The molecular weight excluding hydrogens is 449 g/mol. The summed E-state index contributed by atoms with van der Waals surface area (Å²) in [5.41, 5.74) is 3.74. The summed E-state index contributed by atoms with van der Waals surface area (Å²) in [4.78, 5) is 17.0. The average Bonchev–Trinajstić information content (AvgIpc) is 3.18. The molecule has 1 aromatic heterocycles. The van der Waals surface area contributed by atoms with Crippen LogP contribution in [-0.2, 0) is 11.3 Å². The molecule has 0 fully saturated rings. The lowest BCUT2D eigenvalue weighted by Crippen LogP contribution is -2.14. The number of hydrogen-bond acceptors (Lipinski definition) is 3. The van der Waals surface area contributed by atoms with Crippen LogP contribution in [0.5, 0.6) is 0 Å². The summed E-state index contributed by atoms with van der Waals surface area (Å²) in [7, 11) is 0. The molecule has 0 spiro atoms. The van der Waals surface area contributed by atoms with Gasteiger partial charge in [0.2, 0.25) is 5.91 Å². The zero-order valence-electron chi connectivity index (χ0n) is 16.5. The van der Waals surface area contributed by atoms with E-state index in [2.05, 4.69) is 27.0 Å². The van der Waals surface area contributed by atoms with Gasteiger partial charge < -0.3 is 9.88 Å². The highest BCUT2D eigenvalue weighted by Crippen LogP contribution is 2.31. The number of hydrogen-bond donors (Lipinski definition) is 1. The maximum Gasteiger partial charge on any atom is 0.234 e. The van der Waals surface area contributed by atoms with Gasteiger partial charge >= 0.3 is 0 Å². The molecule has 0 saturated carbocycles. The third kappa shape index (κ3) is 5.50. The van der Waals surface area contributed by atoms with Gasteiger partial charge in [0, 0.05) is 11.3 Å². The number of carbonyl (C=O) groups excluding carboxylic acids is 1. The predicted molar refractivity (Wildman–Crippen MR) is 129 cm³/mol. The summed E-state index contributed by atoms with van der Waals surface area (Å²) in [5.74, 6) is 0.170. The normalized spacial score (nSPS) is 10.8. The van der Waals surface area contributed by atoms with Gasteiger partial charge in [-0.05, 0) is 29.8 Å². The minimum atomic E-state index is -0.0819. The third-order valence-corrected chi connectivity index (χ3v) is 6.34. The van der Waals surface area contributed by atoms with Crippen LogP contribution in [0, 0.1) is 0 Å². The van der Waals surface area contributed by atoms with Crippen molar-refractivity contribution in [1.29, 1.82) is 0 Å². The van der Waals surface area contributed by atoms with E-state index >= 15 is 0 Å². The molecule has 0 saturated heterocycles. The number of thioether (sulfide) groups is 1. The molecule has 3 aromatic carbocycles. The molecule has 0 aliphatic rings. The van der Waals surface area contributed by atoms with Gasteiger partial charge in [-0.25, -0.2) is 4.98 Å². The Balaban J connectivity index is 1.58. The molecule has 0 bridgehead atoms. The number of nitrogens with zero attached hydrogens (tertiary/aromatic N) is 2. The molecule has 0 atom stereocenters. The molecule has 0 unspecified atom stereocenters. The van der Waals surface area contributed by atoms with Gasteiger partial charge in [-0.2, -0.15) is 0 Å². The zero-order valence-corrected chi connectivity index (χ0v) is 18.8. The first-order valence-corrected chi connectivity index (χ1v) is 11.4. The monoisotopic (exact) mass is 467 g/mol.